The lowest BCUT2D eigenvalue weighted by Gasteiger charge is -2.05. The van der Waals surface area contributed by atoms with Gasteiger partial charge in [-0.25, -0.2) is 0 Å². The van der Waals surface area contributed by atoms with Crippen molar-refractivity contribution in [2.75, 3.05) is 11.1 Å². The number of anilines is 2. The minimum absolute atomic E-state index is 0.121. The number of rotatable bonds is 2. The van der Waals surface area contributed by atoms with Crippen LogP contribution in [0.25, 0.3) is 0 Å². The first-order valence-electron chi connectivity index (χ1n) is 4.71. The van der Waals surface area contributed by atoms with E-state index in [4.69, 9.17) is 5.73 Å². The number of nitrogen functional groups attached to an aromatic ring is 1. The Balaban J connectivity index is 2.19. The molecule has 0 saturated heterocycles. The van der Waals surface area contributed by atoms with E-state index < -0.39 is 0 Å². The van der Waals surface area contributed by atoms with E-state index >= 15 is 0 Å². The molecule has 1 aromatic heterocycles. The highest BCUT2D eigenvalue weighted by Gasteiger charge is 2.10. The van der Waals surface area contributed by atoms with E-state index in [9.17, 15) is 4.79 Å². The molecule has 5 heteroatoms. The Morgan fingerprint density at radius 1 is 1.19 bits per heavy atom. The fraction of sp³-hybridized carbons (Fsp3) is 0. The van der Waals surface area contributed by atoms with Crippen LogP contribution in [0.15, 0.2) is 42.6 Å². The van der Waals surface area contributed by atoms with E-state index in [0.29, 0.717) is 11.3 Å². The number of aromatic nitrogens is 2. The third-order valence-electron chi connectivity index (χ3n) is 2.03. The number of nitrogens with two attached hydrogens (primary N) is 1. The van der Waals surface area contributed by atoms with Crippen molar-refractivity contribution in [1.82, 2.24) is 10.2 Å². The van der Waals surface area contributed by atoms with Crippen molar-refractivity contribution >= 4 is 17.4 Å². The molecule has 80 valence electrons. The lowest BCUT2D eigenvalue weighted by molar-refractivity contribution is 0.102. The summed E-state index contributed by atoms with van der Waals surface area (Å²) in [6.45, 7) is 0. The smallest absolute Gasteiger partial charge is 0.259 e. The lowest BCUT2D eigenvalue weighted by atomic mass is 10.2. The Morgan fingerprint density at radius 2 is 1.94 bits per heavy atom. The lowest BCUT2D eigenvalue weighted by Crippen LogP contribution is -2.15. The van der Waals surface area contributed by atoms with Gasteiger partial charge in [0.25, 0.3) is 5.91 Å². The van der Waals surface area contributed by atoms with E-state index in [2.05, 4.69) is 15.5 Å². The van der Waals surface area contributed by atoms with Gasteiger partial charge in [-0.2, -0.15) is 5.10 Å². The summed E-state index contributed by atoms with van der Waals surface area (Å²) in [4.78, 5) is 11.8. The molecular formula is C11H10N4O. The maximum atomic E-state index is 11.8. The molecule has 0 aliphatic heterocycles. The number of hydrogen-bond donors (Lipinski definition) is 2. The summed E-state index contributed by atoms with van der Waals surface area (Å²) in [5.74, 6) is -0.172. The Bertz CT molecular complexity index is 498. The second-order valence-corrected chi connectivity index (χ2v) is 3.15. The normalized spacial score (nSPS) is 9.75. The zero-order chi connectivity index (χ0) is 11.4. The molecule has 1 aromatic carbocycles. The Kier molecular flexibility index (Phi) is 2.77. The second-order valence-electron chi connectivity index (χ2n) is 3.15. The van der Waals surface area contributed by atoms with Gasteiger partial charge in [-0.3, -0.25) is 4.79 Å². The van der Waals surface area contributed by atoms with Crippen LogP contribution in [-0.4, -0.2) is 16.1 Å². The highest BCUT2D eigenvalue weighted by molar-refractivity contribution is 6.06. The maximum absolute atomic E-state index is 11.8. The van der Waals surface area contributed by atoms with Crippen LogP contribution >= 0.6 is 0 Å². The number of benzene rings is 1. The molecule has 1 amide bonds. The molecule has 0 aliphatic rings. The van der Waals surface area contributed by atoms with Gasteiger partial charge in [-0.15, -0.1) is 5.10 Å². The molecule has 0 unspecified atom stereocenters. The predicted molar refractivity (Wildman–Crippen MR) is 60.8 cm³/mol. The predicted octanol–water partition coefficient (Wildman–Crippen LogP) is 1.31. The summed E-state index contributed by atoms with van der Waals surface area (Å²) in [5, 5.41) is 9.90. The van der Waals surface area contributed by atoms with Crippen LogP contribution in [0.3, 0.4) is 0 Å². The number of amides is 1. The van der Waals surface area contributed by atoms with Crippen molar-refractivity contribution in [2.45, 2.75) is 0 Å². The van der Waals surface area contributed by atoms with Gasteiger partial charge in [0.15, 0.2) is 5.82 Å². The third kappa shape index (κ3) is 2.14. The fourth-order valence-corrected chi connectivity index (χ4v) is 1.25. The van der Waals surface area contributed by atoms with Crippen molar-refractivity contribution in [1.29, 1.82) is 0 Å². The molecule has 0 bridgehead atoms. The molecule has 1 heterocycles. The van der Waals surface area contributed by atoms with Gasteiger partial charge in [0.2, 0.25) is 0 Å². The molecule has 5 nitrogen and oxygen atoms in total. The molecule has 0 spiro atoms. The van der Waals surface area contributed by atoms with Gasteiger partial charge in [0.05, 0.1) is 11.8 Å². The van der Waals surface area contributed by atoms with Gasteiger partial charge in [0, 0.05) is 5.69 Å². The molecule has 0 aliphatic carbocycles. The minimum atomic E-state index is -0.293. The number of carbonyl (C=O) groups is 1. The summed E-state index contributed by atoms with van der Waals surface area (Å²) in [6, 6.07) is 10.7. The van der Waals surface area contributed by atoms with E-state index in [1.165, 1.54) is 12.3 Å². The van der Waals surface area contributed by atoms with Crippen molar-refractivity contribution in [3.05, 3.63) is 48.2 Å². The van der Waals surface area contributed by atoms with Crippen molar-refractivity contribution < 1.29 is 4.79 Å². The zero-order valence-electron chi connectivity index (χ0n) is 8.42. The topological polar surface area (TPSA) is 80.9 Å². The largest absolute Gasteiger partial charge is 0.382 e. The first-order chi connectivity index (χ1) is 7.77. The molecule has 2 rings (SSSR count). The standard InChI is InChI=1S/C11H10N4O/c12-10-9(6-7-13-15-10)11(16)14-8-4-2-1-3-5-8/h1-7H,(H2,12,15)(H,14,16). The summed E-state index contributed by atoms with van der Waals surface area (Å²) >= 11 is 0. The average Bonchev–Trinajstić information content (AvgIpc) is 2.31. The molecule has 0 radical (unpaired) electrons. The number of carbonyl (C=O) groups excluding carboxylic acids is 1. The van der Waals surface area contributed by atoms with E-state index in [0.717, 1.165) is 0 Å². The molecule has 0 saturated carbocycles. The van der Waals surface area contributed by atoms with Crippen LogP contribution in [0.2, 0.25) is 0 Å². The number of para-hydroxylation sites is 1. The molecule has 2 aromatic rings. The van der Waals surface area contributed by atoms with E-state index in [1.807, 2.05) is 18.2 Å². The van der Waals surface area contributed by atoms with Crippen molar-refractivity contribution in [2.24, 2.45) is 0 Å². The van der Waals surface area contributed by atoms with Gasteiger partial charge in [-0.05, 0) is 18.2 Å². The number of nitrogens with zero attached hydrogens (tertiary/aromatic N) is 2. The third-order valence-corrected chi connectivity index (χ3v) is 2.03. The summed E-state index contributed by atoms with van der Waals surface area (Å²) in [5.41, 5.74) is 6.57. The van der Waals surface area contributed by atoms with Gasteiger partial charge in [0.1, 0.15) is 0 Å². The summed E-state index contributed by atoms with van der Waals surface area (Å²) in [6.07, 6.45) is 1.43. The summed E-state index contributed by atoms with van der Waals surface area (Å²) in [7, 11) is 0. The molecule has 0 atom stereocenters. The summed E-state index contributed by atoms with van der Waals surface area (Å²) < 4.78 is 0. The Hall–Kier alpha value is -2.43. The van der Waals surface area contributed by atoms with Gasteiger partial charge in [-0.1, -0.05) is 18.2 Å². The van der Waals surface area contributed by atoms with Crippen LogP contribution < -0.4 is 11.1 Å². The van der Waals surface area contributed by atoms with Crippen LogP contribution in [0.1, 0.15) is 10.4 Å². The first kappa shape index (κ1) is 10.1. The van der Waals surface area contributed by atoms with Crippen LogP contribution in [0.5, 0.6) is 0 Å². The highest BCUT2D eigenvalue weighted by Crippen LogP contribution is 2.10. The Labute approximate surface area is 92.3 Å². The zero-order valence-corrected chi connectivity index (χ0v) is 8.42. The number of nitrogens with one attached hydrogen (secondary N) is 1. The highest BCUT2D eigenvalue weighted by atomic mass is 16.1. The van der Waals surface area contributed by atoms with E-state index in [1.54, 1.807) is 12.1 Å². The first-order valence-corrected chi connectivity index (χ1v) is 4.71. The van der Waals surface area contributed by atoms with Crippen LogP contribution in [-0.2, 0) is 0 Å². The van der Waals surface area contributed by atoms with Gasteiger partial charge >= 0.3 is 0 Å². The monoisotopic (exact) mass is 214 g/mol. The Morgan fingerprint density at radius 3 is 2.62 bits per heavy atom. The molecular weight excluding hydrogens is 204 g/mol. The minimum Gasteiger partial charge on any atom is -0.382 e. The quantitative estimate of drug-likeness (QED) is 0.789. The fourth-order valence-electron chi connectivity index (χ4n) is 1.25. The molecule has 0 fully saturated rings. The van der Waals surface area contributed by atoms with Crippen molar-refractivity contribution in [3.8, 4) is 0 Å². The van der Waals surface area contributed by atoms with E-state index in [-0.39, 0.29) is 11.7 Å². The molecule has 16 heavy (non-hydrogen) atoms. The average molecular weight is 214 g/mol. The van der Waals surface area contributed by atoms with Crippen molar-refractivity contribution in [3.63, 3.8) is 0 Å². The second kappa shape index (κ2) is 4.39. The maximum Gasteiger partial charge on any atom is 0.259 e. The van der Waals surface area contributed by atoms with Gasteiger partial charge < -0.3 is 11.1 Å². The SMILES string of the molecule is Nc1nnccc1C(=O)Nc1ccccc1. The molecule has 3 N–H and O–H groups in total. The van der Waals surface area contributed by atoms with Crippen LogP contribution in [0, 0.1) is 0 Å². The number of hydrogen-bond acceptors (Lipinski definition) is 4. The van der Waals surface area contributed by atoms with Crippen LogP contribution in [0.4, 0.5) is 11.5 Å².